The Bertz CT molecular complexity index is 658. The molecule has 2 heterocycles. The van der Waals surface area contributed by atoms with Crippen LogP contribution in [0.2, 0.25) is 0 Å². The summed E-state index contributed by atoms with van der Waals surface area (Å²) in [6.07, 6.45) is 3.23. The molecule has 2 aromatic rings. The summed E-state index contributed by atoms with van der Waals surface area (Å²) in [4.78, 5) is 16.5. The predicted octanol–water partition coefficient (Wildman–Crippen LogP) is 2.19. The second-order valence-corrected chi connectivity index (χ2v) is 5.75. The van der Waals surface area contributed by atoms with Gasteiger partial charge in [0.2, 0.25) is 0 Å². The van der Waals surface area contributed by atoms with Crippen LogP contribution in [-0.2, 0) is 11.3 Å². The maximum absolute atomic E-state index is 12.2. The number of urea groups is 1. The van der Waals surface area contributed by atoms with E-state index in [2.05, 4.69) is 20.7 Å². The van der Waals surface area contributed by atoms with Crippen molar-refractivity contribution in [1.82, 2.24) is 25.4 Å². The molecule has 2 atom stereocenters. The van der Waals surface area contributed by atoms with Gasteiger partial charge in [0, 0.05) is 19.7 Å². The third-order valence-electron chi connectivity index (χ3n) is 4.11. The second kappa shape index (κ2) is 7.92. The molecule has 24 heavy (non-hydrogen) atoms. The van der Waals surface area contributed by atoms with Crippen LogP contribution in [0.4, 0.5) is 4.79 Å². The van der Waals surface area contributed by atoms with Crippen molar-refractivity contribution in [3.05, 3.63) is 48.0 Å². The predicted molar refractivity (Wildman–Crippen MR) is 89.3 cm³/mol. The number of hydrogen-bond donors (Lipinski definition) is 2. The molecule has 1 aliphatic rings. The van der Waals surface area contributed by atoms with Gasteiger partial charge in [-0.1, -0.05) is 30.3 Å². The molecular weight excluding hydrogens is 306 g/mol. The Labute approximate surface area is 141 Å². The number of aryl methyl sites for hydroxylation is 1. The Hall–Kier alpha value is -2.41. The fraction of sp³-hybridized carbons (Fsp3) is 0.471. The Balaban J connectivity index is 1.55. The molecule has 0 radical (unpaired) electrons. The highest BCUT2D eigenvalue weighted by molar-refractivity contribution is 5.74. The molecule has 2 amide bonds. The van der Waals surface area contributed by atoms with Crippen LogP contribution < -0.4 is 10.6 Å². The number of aromatic nitrogens is 3. The topological polar surface area (TPSA) is 81.1 Å². The zero-order valence-corrected chi connectivity index (χ0v) is 13.8. The van der Waals surface area contributed by atoms with Crippen molar-refractivity contribution in [3.8, 4) is 0 Å². The molecule has 0 saturated heterocycles. The fourth-order valence-electron chi connectivity index (χ4n) is 2.96. The van der Waals surface area contributed by atoms with Gasteiger partial charge in [-0.25, -0.2) is 14.5 Å². The van der Waals surface area contributed by atoms with Gasteiger partial charge in [0.05, 0.1) is 12.1 Å². The monoisotopic (exact) mass is 329 g/mol. The number of carbonyl (C=O) groups is 1. The molecule has 1 aromatic heterocycles. The minimum absolute atomic E-state index is 0.0940. The molecule has 7 heteroatoms. The minimum Gasteiger partial charge on any atom is -0.372 e. The summed E-state index contributed by atoms with van der Waals surface area (Å²) in [6, 6.07) is 9.60. The van der Waals surface area contributed by atoms with Crippen LogP contribution in [-0.4, -0.2) is 33.9 Å². The number of ether oxygens (including phenoxy) is 1. The van der Waals surface area contributed by atoms with Gasteiger partial charge in [-0.3, -0.25) is 0 Å². The standard InChI is InChI=1S/C17H23N5O2/c1-2-24-15(13-7-4-3-5-8-13)11-18-17(23)21-14-9-6-10-22-16(14)19-12-20-22/h3-5,7-8,12,14-15H,2,6,9-11H2,1H3,(H2,18,21,23). The Morgan fingerprint density at radius 1 is 1.42 bits per heavy atom. The third kappa shape index (κ3) is 3.91. The van der Waals surface area contributed by atoms with E-state index >= 15 is 0 Å². The van der Waals surface area contributed by atoms with E-state index in [0.29, 0.717) is 13.2 Å². The van der Waals surface area contributed by atoms with Crippen LogP contribution in [0.3, 0.4) is 0 Å². The number of nitrogens with one attached hydrogen (secondary N) is 2. The summed E-state index contributed by atoms with van der Waals surface area (Å²) in [5.74, 6) is 0.820. The number of carbonyl (C=O) groups excluding carboxylic acids is 1. The molecule has 0 bridgehead atoms. The minimum atomic E-state index is -0.211. The number of rotatable bonds is 6. The lowest BCUT2D eigenvalue weighted by atomic mass is 10.1. The van der Waals surface area contributed by atoms with Crippen molar-refractivity contribution in [1.29, 1.82) is 0 Å². The molecule has 2 unspecified atom stereocenters. The molecule has 1 aromatic carbocycles. The lowest BCUT2D eigenvalue weighted by molar-refractivity contribution is 0.0638. The molecule has 2 N–H and O–H groups in total. The number of benzene rings is 1. The van der Waals surface area contributed by atoms with Crippen molar-refractivity contribution in [2.75, 3.05) is 13.2 Å². The van der Waals surface area contributed by atoms with E-state index in [1.165, 1.54) is 6.33 Å². The molecular formula is C17H23N5O2. The molecule has 7 nitrogen and oxygen atoms in total. The maximum Gasteiger partial charge on any atom is 0.315 e. The van der Waals surface area contributed by atoms with Crippen molar-refractivity contribution in [2.24, 2.45) is 0 Å². The average Bonchev–Trinajstić information content (AvgIpc) is 3.09. The van der Waals surface area contributed by atoms with Crippen LogP contribution in [0.5, 0.6) is 0 Å². The first-order chi connectivity index (χ1) is 11.8. The van der Waals surface area contributed by atoms with E-state index in [9.17, 15) is 4.79 Å². The summed E-state index contributed by atoms with van der Waals surface area (Å²) >= 11 is 0. The summed E-state index contributed by atoms with van der Waals surface area (Å²) in [6.45, 7) is 3.82. The fourth-order valence-corrected chi connectivity index (χ4v) is 2.96. The van der Waals surface area contributed by atoms with Gasteiger partial charge in [0.1, 0.15) is 12.2 Å². The Kier molecular flexibility index (Phi) is 5.43. The molecule has 128 valence electrons. The second-order valence-electron chi connectivity index (χ2n) is 5.75. The molecule has 0 saturated carbocycles. The van der Waals surface area contributed by atoms with Gasteiger partial charge in [0.25, 0.3) is 0 Å². The first-order valence-electron chi connectivity index (χ1n) is 8.36. The van der Waals surface area contributed by atoms with E-state index in [1.807, 2.05) is 41.9 Å². The zero-order valence-electron chi connectivity index (χ0n) is 13.8. The number of fused-ring (bicyclic) bond motifs is 1. The maximum atomic E-state index is 12.2. The van der Waals surface area contributed by atoms with E-state index < -0.39 is 0 Å². The summed E-state index contributed by atoms with van der Waals surface area (Å²) in [7, 11) is 0. The van der Waals surface area contributed by atoms with Crippen LogP contribution >= 0.6 is 0 Å². The van der Waals surface area contributed by atoms with E-state index in [1.54, 1.807) is 0 Å². The van der Waals surface area contributed by atoms with Gasteiger partial charge in [-0.15, -0.1) is 0 Å². The molecule has 3 rings (SSSR count). The van der Waals surface area contributed by atoms with Crippen molar-refractivity contribution < 1.29 is 9.53 Å². The first-order valence-corrected chi connectivity index (χ1v) is 8.36. The highest BCUT2D eigenvalue weighted by atomic mass is 16.5. The van der Waals surface area contributed by atoms with E-state index in [0.717, 1.165) is 30.8 Å². The number of nitrogens with zero attached hydrogens (tertiary/aromatic N) is 3. The van der Waals surface area contributed by atoms with Crippen LogP contribution in [0.15, 0.2) is 36.7 Å². The van der Waals surface area contributed by atoms with Crippen molar-refractivity contribution in [3.63, 3.8) is 0 Å². The molecule has 0 spiro atoms. The Morgan fingerprint density at radius 3 is 3.04 bits per heavy atom. The Morgan fingerprint density at radius 2 is 2.25 bits per heavy atom. The lowest BCUT2D eigenvalue weighted by Crippen LogP contribution is -2.41. The van der Waals surface area contributed by atoms with Gasteiger partial charge in [-0.05, 0) is 25.3 Å². The van der Waals surface area contributed by atoms with Gasteiger partial charge in [0.15, 0.2) is 0 Å². The normalized spacial score (nSPS) is 17.8. The van der Waals surface area contributed by atoms with Gasteiger partial charge < -0.3 is 15.4 Å². The SMILES string of the molecule is CCOC(CNC(=O)NC1CCCn2ncnc21)c1ccccc1. The van der Waals surface area contributed by atoms with E-state index in [-0.39, 0.29) is 18.2 Å². The quantitative estimate of drug-likeness (QED) is 0.851. The highest BCUT2D eigenvalue weighted by Gasteiger charge is 2.24. The smallest absolute Gasteiger partial charge is 0.315 e. The van der Waals surface area contributed by atoms with Crippen LogP contribution in [0.1, 0.15) is 43.3 Å². The average molecular weight is 329 g/mol. The van der Waals surface area contributed by atoms with E-state index in [4.69, 9.17) is 4.74 Å². The summed E-state index contributed by atoms with van der Waals surface area (Å²) in [5, 5.41) is 10.1. The first kappa shape index (κ1) is 16.4. The van der Waals surface area contributed by atoms with Crippen molar-refractivity contribution in [2.45, 2.75) is 38.5 Å². The van der Waals surface area contributed by atoms with Crippen molar-refractivity contribution >= 4 is 6.03 Å². The number of hydrogen-bond acceptors (Lipinski definition) is 4. The van der Waals surface area contributed by atoms with Crippen LogP contribution in [0.25, 0.3) is 0 Å². The molecule has 1 aliphatic heterocycles. The summed E-state index contributed by atoms with van der Waals surface area (Å²) in [5.41, 5.74) is 1.05. The largest absolute Gasteiger partial charge is 0.372 e. The number of amides is 2. The van der Waals surface area contributed by atoms with Crippen LogP contribution in [0, 0.1) is 0 Å². The summed E-state index contributed by atoms with van der Waals surface area (Å²) < 4.78 is 7.59. The highest BCUT2D eigenvalue weighted by Crippen LogP contribution is 2.22. The molecule has 0 aliphatic carbocycles. The third-order valence-corrected chi connectivity index (χ3v) is 4.11. The zero-order chi connectivity index (χ0) is 16.8. The van der Waals surface area contributed by atoms with Gasteiger partial charge in [-0.2, -0.15) is 5.10 Å². The lowest BCUT2D eigenvalue weighted by Gasteiger charge is -2.24. The molecule has 0 fully saturated rings. The van der Waals surface area contributed by atoms with Gasteiger partial charge >= 0.3 is 6.03 Å².